The lowest BCUT2D eigenvalue weighted by Crippen LogP contribution is -2.24. The highest BCUT2D eigenvalue weighted by molar-refractivity contribution is 7.85. The van der Waals surface area contributed by atoms with E-state index in [0.29, 0.717) is 0 Å². The molecule has 0 amide bonds. The van der Waals surface area contributed by atoms with E-state index in [2.05, 4.69) is 120 Å². The van der Waals surface area contributed by atoms with Crippen molar-refractivity contribution in [3.05, 3.63) is 200 Å². The van der Waals surface area contributed by atoms with Gasteiger partial charge in [0.15, 0.2) is 7.14 Å². The maximum absolute atomic E-state index is 15.5. The van der Waals surface area contributed by atoms with Crippen LogP contribution in [-0.2, 0) is 4.57 Å². The van der Waals surface area contributed by atoms with Gasteiger partial charge in [-0.05, 0) is 53.2 Å². The molecule has 0 aliphatic heterocycles. The molecule has 0 aliphatic carbocycles. The fraction of sp³-hybridized carbons (Fsp3) is 0. The van der Waals surface area contributed by atoms with E-state index in [1.54, 1.807) is 0 Å². The molecule has 242 valence electrons. The van der Waals surface area contributed by atoms with Gasteiger partial charge in [0.2, 0.25) is 0 Å². The van der Waals surface area contributed by atoms with Crippen molar-refractivity contribution in [2.45, 2.75) is 0 Å². The molecule has 0 unspecified atom stereocenters. The molecule has 0 saturated heterocycles. The second-order valence-corrected chi connectivity index (χ2v) is 15.5. The topological polar surface area (TPSA) is 33.2 Å². The van der Waals surface area contributed by atoms with Crippen molar-refractivity contribution in [3.63, 3.8) is 0 Å². The number of hydrogen-bond donors (Lipinski definition) is 0. The third-order valence-electron chi connectivity index (χ3n) is 9.68. The number of para-hydroxylation sites is 2. The molecule has 3 nitrogen and oxygen atoms in total. The zero-order chi connectivity index (χ0) is 34.2. The average Bonchev–Trinajstić information content (AvgIpc) is 3.21. The van der Waals surface area contributed by atoms with E-state index < -0.39 is 7.14 Å². The quantitative estimate of drug-likeness (QED) is 0.125. The molecule has 0 bridgehead atoms. The van der Waals surface area contributed by atoms with Gasteiger partial charge in [-0.15, -0.1) is 0 Å². The van der Waals surface area contributed by atoms with Gasteiger partial charge in [-0.2, -0.15) is 0 Å². The zero-order valence-electron chi connectivity index (χ0n) is 27.8. The number of anilines is 3. The lowest BCUT2D eigenvalue weighted by Gasteiger charge is -2.26. The summed E-state index contributed by atoms with van der Waals surface area (Å²) in [7, 11) is -3.20. The maximum Gasteiger partial charge on any atom is 0.171 e. The fourth-order valence-electron chi connectivity index (χ4n) is 7.28. The summed E-state index contributed by atoms with van der Waals surface area (Å²) in [4.78, 5) is 7.66. The minimum Gasteiger partial charge on any atom is -0.310 e. The molecule has 0 fully saturated rings. The van der Waals surface area contributed by atoms with Crippen LogP contribution in [0.25, 0.3) is 43.7 Å². The highest BCUT2D eigenvalue weighted by atomic mass is 31.2. The Hall–Kier alpha value is -6.28. The van der Waals surface area contributed by atoms with Crippen molar-refractivity contribution in [3.8, 4) is 11.3 Å². The van der Waals surface area contributed by atoms with E-state index >= 15 is 4.57 Å². The summed E-state index contributed by atoms with van der Waals surface area (Å²) in [5.41, 5.74) is 6.02. The molecule has 0 N–H and O–H groups in total. The van der Waals surface area contributed by atoms with Gasteiger partial charge in [0.05, 0.1) is 11.2 Å². The number of nitrogens with zero attached hydrogens (tertiary/aromatic N) is 2. The van der Waals surface area contributed by atoms with Gasteiger partial charge in [0.25, 0.3) is 0 Å². The van der Waals surface area contributed by atoms with E-state index in [1.165, 1.54) is 0 Å². The number of benzene rings is 8. The standard InChI is InChI=1S/C47H33N2OP/c50-51(39-22-12-4-13-23-39,40-24-14-5-15-25-40)41-29-26-34-27-30-43-46(44(34)33-41)42-31-28-38(32-45(42)48-47(43)35-16-6-1-7-17-35)49(36-18-8-2-9-19-36)37-20-10-3-11-21-37/h1-33H. The van der Waals surface area contributed by atoms with Gasteiger partial charge in [-0.25, -0.2) is 4.98 Å². The predicted molar refractivity (Wildman–Crippen MR) is 216 cm³/mol. The van der Waals surface area contributed by atoms with Crippen LogP contribution < -0.4 is 20.8 Å². The van der Waals surface area contributed by atoms with Crippen LogP contribution >= 0.6 is 7.14 Å². The largest absolute Gasteiger partial charge is 0.310 e. The Morgan fingerprint density at radius 3 is 1.51 bits per heavy atom. The Labute approximate surface area is 297 Å². The van der Waals surface area contributed by atoms with Gasteiger partial charge in [0.1, 0.15) is 0 Å². The SMILES string of the molecule is O=P(c1ccccc1)(c1ccccc1)c1ccc2ccc3c(-c4ccccc4)nc4cc(N(c5ccccc5)c5ccccc5)ccc4c3c2c1. The first-order valence-electron chi connectivity index (χ1n) is 17.2. The molecule has 0 aliphatic rings. The summed E-state index contributed by atoms with van der Waals surface area (Å²) >= 11 is 0. The molecular formula is C47H33N2OP. The molecule has 1 heterocycles. The molecule has 4 heteroatoms. The van der Waals surface area contributed by atoms with Crippen LogP contribution in [0.3, 0.4) is 0 Å². The molecule has 51 heavy (non-hydrogen) atoms. The molecular weight excluding hydrogens is 640 g/mol. The first-order valence-corrected chi connectivity index (χ1v) is 18.9. The van der Waals surface area contributed by atoms with Crippen LogP contribution in [0.1, 0.15) is 0 Å². The first-order chi connectivity index (χ1) is 25.2. The fourth-order valence-corrected chi connectivity index (χ4v) is 9.95. The zero-order valence-corrected chi connectivity index (χ0v) is 28.7. The van der Waals surface area contributed by atoms with Crippen molar-refractivity contribution >= 4 is 72.6 Å². The highest BCUT2D eigenvalue weighted by Crippen LogP contribution is 2.45. The monoisotopic (exact) mass is 672 g/mol. The molecule has 0 saturated carbocycles. The highest BCUT2D eigenvalue weighted by Gasteiger charge is 2.30. The molecule has 1 aromatic heterocycles. The van der Waals surface area contributed by atoms with Crippen LogP contribution in [0.5, 0.6) is 0 Å². The molecule has 0 spiro atoms. The summed E-state index contributed by atoms with van der Waals surface area (Å²) in [5.74, 6) is 0. The normalized spacial score (nSPS) is 11.6. The van der Waals surface area contributed by atoms with Gasteiger partial charge < -0.3 is 9.46 Å². The second kappa shape index (κ2) is 12.9. The van der Waals surface area contributed by atoms with Crippen LogP contribution in [0, 0.1) is 0 Å². The molecule has 0 atom stereocenters. The third-order valence-corrected chi connectivity index (χ3v) is 12.7. The van der Waals surface area contributed by atoms with Crippen molar-refractivity contribution in [1.82, 2.24) is 4.98 Å². The summed E-state index contributed by atoms with van der Waals surface area (Å²) in [6.45, 7) is 0. The molecule has 9 rings (SSSR count). The average molecular weight is 673 g/mol. The summed E-state index contributed by atoms with van der Waals surface area (Å²) < 4.78 is 15.5. The lowest BCUT2D eigenvalue weighted by atomic mass is 9.95. The Morgan fingerprint density at radius 1 is 0.412 bits per heavy atom. The number of rotatable bonds is 7. The van der Waals surface area contributed by atoms with E-state index in [4.69, 9.17) is 4.98 Å². The lowest BCUT2D eigenvalue weighted by molar-refractivity contribution is 0.592. The Bertz CT molecular complexity index is 2620. The minimum atomic E-state index is -3.20. The van der Waals surface area contributed by atoms with Gasteiger partial charge in [-0.1, -0.05) is 158 Å². The van der Waals surface area contributed by atoms with E-state index in [0.717, 1.165) is 76.7 Å². The van der Waals surface area contributed by atoms with E-state index in [-0.39, 0.29) is 0 Å². The van der Waals surface area contributed by atoms with Crippen LogP contribution in [0.4, 0.5) is 17.1 Å². The Kier molecular flexibility index (Phi) is 7.76. The second-order valence-electron chi connectivity index (χ2n) is 12.7. The van der Waals surface area contributed by atoms with E-state index in [9.17, 15) is 0 Å². The molecule has 8 aromatic carbocycles. The van der Waals surface area contributed by atoms with Crippen molar-refractivity contribution in [2.75, 3.05) is 4.90 Å². The van der Waals surface area contributed by atoms with Crippen molar-refractivity contribution < 1.29 is 4.57 Å². The predicted octanol–water partition coefficient (Wildman–Crippen LogP) is 11.3. The smallest absolute Gasteiger partial charge is 0.171 e. The van der Waals surface area contributed by atoms with Gasteiger partial charge in [0, 0.05) is 54.7 Å². The number of fused-ring (bicyclic) bond motifs is 5. The third kappa shape index (κ3) is 5.40. The number of hydrogen-bond acceptors (Lipinski definition) is 3. The van der Waals surface area contributed by atoms with Crippen molar-refractivity contribution in [1.29, 1.82) is 0 Å². The van der Waals surface area contributed by atoms with Crippen LogP contribution in [-0.4, -0.2) is 4.98 Å². The maximum atomic E-state index is 15.5. The number of aromatic nitrogens is 1. The van der Waals surface area contributed by atoms with Crippen molar-refractivity contribution in [2.24, 2.45) is 0 Å². The first kappa shape index (κ1) is 30.8. The van der Waals surface area contributed by atoms with Crippen LogP contribution in [0.2, 0.25) is 0 Å². The molecule has 0 radical (unpaired) electrons. The van der Waals surface area contributed by atoms with Gasteiger partial charge in [-0.3, -0.25) is 0 Å². The molecule has 9 aromatic rings. The van der Waals surface area contributed by atoms with Gasteiger partial charge >= 0.3 is 0 Å². The Balaban J connectivity index is 1.35. The summed E-state index contributed by atoms with van der Waals surface area (Å²) in [6.07, 6.45) is 0. The van der Waals surface area contributed by atoms with E-state index in [1.807, 2.05) is 84.9 Å². The minimum absolute atomic E-state index is 0.807. The summed E-state index contributed by atoms with van der Waals surface area (Å²) in [5, 5.41) is 7.79. The summed E-state index contributed by atoms with van der Waals surface area (Å²) in [6, 6.07) is 68.3. The Morgan fingerprint density at radius 2 is 0.922 bits per heavy atom. The number of pyridine rings is 1. The van der Waals surface area contributed by atoms with Crippen LogP contribution in [0.15, 0.2) is 200 Å².